The Hall–Kier alpha value is -2.08. The van der Waals surface area contributed by atoms with Crippen molar-refractivity contribution in [3.05, 3.63) is 39.3 Å². The van der Waals surface area contributed by atoms with Gasteiger partial charge in [-0.05, 0) is 55.3 Å². The first-order valence-corrected chi connectivity index (χ1v) is 7.22. The highest BCUT2D eigenvalue weighted by molar-refractivity contribution is 8.18. The fourth-order valence-corrected chi connectivity index (χ4v) is 3.16. The van der Waals surface area contributed by atoms with Gasteiger partial charge < -0.3 is 5.73 Å². The molecule has 21 heavy (non-hydrogen) atoms. The molecule has 1 aromatic carbocycles. The molecule has 110 valence electrons. The summed E-state index contributed by atoms with van der Waals surface area (Å²) in [5.74, 6) is -1.18. The third-order valence-electron chi connectivity index (χ3n) is 3.20. The normalized spacial score (nSPS) is 16.9. The molecule has 1 aromatic rings. The monoisotopic (exact) mass is 304 g/mol. The number of hydrogen-bond donors (Lipinski definition) is 1. The van der Waals surface area contributed by atoms with Gasteiger partial charge >= 0.3 is 0 Å². The van der Waals surface area contributed by atoms with E-state index in [0.717, 1.165) is 38.9 Å². The van der Waals surface area contributed by atoms with Crippen molar-refractivity contribution in [2.75, 3.05) is 6.54 Å². The molecule has 0 saturated carbocycles. The number of rotatable bonds is 3. The van der Waals surface area contributed by atoms with Crippen LogP contribution in [0.5, 0.6) is 0 Å². The van der Waals surface area contributed by atoms with Crippen molar-refractivity contribution in [3.63, 3.8) is 0 Å². The van der Waals surface area contributed by atoms with E-state index in [-0.39, 0.29) is 6.54 Å². The molecule has 0 unspecified atom stereocenters. The zero-order valence-electron chi connectivity index (χ0n) is 12.1. The Kier molecular flexibility index (Phi) is 4.18. The first kappa shape index (κ1) is 15.3. The van der Waals surface area contributed by atoms with E-state index in [0.29, 0.717) is 4.91 Å². The van der Waals surface area contributed by atoms with E-state index in [1.807, 2.05) is 32.9 Å². The second-order valence-electron chi connectivity index (χ2n) is 5.05. The lowest BCUT2D eigenvalue weighted by Crippen LogP contribution is -2.36. The van der Waals surface area contributed by atoms with Crippen molar-refractivity contribution < 1.29 is 14.4 Å². The average Bonchev–Trinajstić information content (AvgIpc) is 2.61. The summed E-state index contributed by atoms with van der Waals surface area (Å²) >= 11 is 0.831. The van der Waals surface area contributed by atoms with Crippen molar-refractivity contribution in [3.8, 4) is 0 Å². The van der Waals surface area contributed by atoms with Gasteiger partial charge in [-0.3, -0.25) is 19.3 Å². The van der Waals surface area contributed by atoms with Gasteiger partial charge in [0.25, 0.3) is 11.1 Å². The summed E-state index contributed by atoms with van der Waals surface area (Å²) in [6, 6.07) is 4.04. The van der Waals surface area contributed by atoms with E-state index in [1.54, 1.807) is 6.08 Å². The quantitative estimate of drug-likeness (QED) is 0.867. The summed E-state index contributed by atoms with van der Waals surface area (Å²) in [5.41, 5.74) is 9.18. The van der Waals surface area contributed by atoms with Crippen LogP contribution in [0.4, 0.5) is 4.79 Å². The molecular weight excluding hydrogens is 288 g/mol. The maximum atomic E-state index is 12.2. The summed E-state index contributed by atoms with van der Waals surface area (Å²) in [6.07, 6.45) is 1.70. The second-order valence-corrected chi connectivity index (χ2v) is 6.04. The van der Waals surface area contributed by atoms with Crippen LogP contribution < -0.4 is 5.73 Å². The number of amides is 3. The lowest BCUT2D eigenvalue weighted by atomic mass is 9.99. The Bertz CT molecular complexity index is 656. The lowest BCUT2D eigenvalue weighted by molar-refractivity contribution is -0.127. The van der Waals surface area contributed by atoms with Crippen LogP contribution >= 0.6 is 11.8 Å². The number of primary amides is 1. The average molecular weight is 304 g/mol. The van der Waals surface area contributed by atoms with Crippen molar-refractivity contribution in [2.45, 2.75) is 20.8 Å². The number of aryl methyl sites for hydroxylation is 3. The molecule has 2 N–H and O–H groups in total. The first-order valence-electron chi connectivity index (χ1n) is 6.41. The molecule has 3 amide bonds. The van der Waals surface area contributed by atoms with Gasteiger partial charge in [-0.1, -0.05) is 17.7 Å². The van der Waals surface area contributed by atoms with Gasteiger partial charge in [0.2, 0.25) is 5.91 Å². The topological polar surface area (TPSA) is 80.5 Å². The maximum absolute atomic E-state index is 12.2. The highest BCUT2D eigenvalue weighted by atomic mass is 32.2. The van der Waals surface area contributed by atoms with E-state index in [2.05, 4.69) is 0 Å². The van der Waals surface area contributed by atoms with E-state index < -0.39 is 17.1 Å². The number of nitrogens with two attached hydrogens (primary N) is 1. The summed E-state index contributed by atoms with van der Waals surface area (Å²) in [6.45, 7) is 5.54. The molecule has 0 spiro atoms. The minimum atomic E-state index is -0.707. The van der Waals surface area contributed by atoms with Gasteiger partial charge in [0.15, 0.2) is 0 Å². The molecule has 0 aromatic heterocycles. The van der Waals surface area contributed by atoms with Gasteiger partial charge in [-0.25, -0.2) is 0 Å². The Morgan fingerprint density at radius 3 is 2.33 bits per heavy atom. The lowest BCUT2D eigenvalue weighted by Gasteiger charge is -2.09. The van der Waals surface area contributed by atoms with Crippen LogP contribution in [0.25, 0.3) is 6.08 Å². The molecule has 1 aliphatic rings. The predicted molar refractivity (Wildman–Crippen MR) is 82.5 cm³/mol. The molecule has 5 nitrogen and oxygen atoms in total. The molecule has 0 atom stereocenters. The number of nitrogens with zero attached hydrogens (tertiary/aromatic N) is 1. The minimum Gasteiger partial charge on any atom is -0.368 e. The molecule has 1 saturated heterocycles. The largest absolute Gasteiger partial charge is 0.368 e. The smallest absolute Gasteiger partial charge is 0.294 e. The number of carbonyl (C=O) groups is 3. The van der Waals surface area contributed by atoms with Gasteiger partial charge in [0.05, 0.1) is 4.91 Å². The molecule has 0 aliphatic carbocycles. The summed E-state index contributed by atoms with van der Waals surface area (Å²) in [5, 5.41) is -0.465. The Morgan fingerprint density at radius 1 is 1.24 bits per heavy atom. The van der Waals surface area contributed by atoms with E-state index >= 15 is 0 Å². The molecule has 2 rings (SSSR count). The standard InChI is InChI=1S/C15H16N2O3S/c1-8-4-9(2)11(10(3)5-8)6-12-14(19)17(7-13(16)18)15(20)21-12/h4-6H,7H2,1-3H3,(H2,16,18)/b12-6-. The third-order valence-corrected chi connectivity index (χ3v) is 4.11. The zero-order chi connectivity index (χ0) is 15.7. The molecule has 6 heteroatoms. The summed E-state index contributed by atoms with van der Waals surface area (Å²) in [7, 11) is 0. The molecule has 1 fully saturated rings. The van der Waals surface area contributed by atoms with Gasteiger partial charge in [-0.15, -0.1) is 0 Å². The van der Waals surface area contributed by atoms with Crippen molar-refractivity contribution in [1.82, 2.24) is 4.90 Å². The fourth-order valence-electron chi connectivity index (χ4n) is 2.34. The number of imide groups is 1. The minimum absolute atomic E-state index is 0.316. The number of hydrogen-bond acceptors (Lipinski definition) is 4. The van der Waals surface area contributed by atoms with Crippen LogP contribution in [0.3, 0.4) is 0 Å². The van der Waals surface area contributed by atoms with Crippen molar-refractivity contribution in [1.29, 1.82) is 0 Å². The highest BCUT2D eigenvalue weighted by Crippen LogP contribution is 2.33. The Morgan fingerprint density at radius 2 is 1.81 bits per heavy atom. The van der Waals surface area contributed by atoms with E-state index in [9.17, 15) is 14.4 Å². The van der Waals surface area contributed by atoms with Gasteiger partial charge in [0.1, 0.15) is 6.54 Å². The number of carbonyl (C=O) groups excluding carboxylic acids is 3. The van der Waals surface area contributed by atoms with Crippen LogP contribution in [0.15, 0.2) is 17.0 Å². The summed E-state index contributed by atoms with van der Waals surface area (Å²) in [4.78, 5) is 36.0. The predicted octanol–water partition coefficient (Wildman–Crippen LogP) is 2.13. The third kappa shape index (κ3) is 3.16. The molecule has 0 bridgehead atoms. The van der Waals surface area contributed by atoms with Crippen molar-refractivity contribution in [2.24, 2.45) is 5.73 Å². The molecule has 0 radical (unpaired) electrons. The summed E-state index contributed by atoms with van der Waals surface area (Å²) < 4.78 is 0. The van der Waals surface area contributed by atoms with Crippen LogP contribution in [0.2, 0.25) is 0 Å². The second kappa shape index (κ2) is 5.73. The zero-order valence-corrected chi connectivity index (χ0v) is 12.9. The van der Waals surface area contributed by atoms with Crippen LogP contribution in [0, 0.1) is 20.8 Å². The number of thioether (sulfide) groups is 1. The van der Waals surface area contributed by atoms with Crippen LogP contribution in [-0.2, 0) is 9.59 Å². The fraction of sp³-hybridized carbons (Fsp3) is 0.267. The van der Waals surface area contributed by atoms with E-state index in [1.165, 1.54) is 0 Å². The van der Waals surface area contributed by atoms with E-state index in [4.69, 9.17) is 5.73 Å². The van der Waals surface area contributed by atoms with Crippen LogP contribution in [-0.4, -0.2) is 28.5 Å². The highest BCUT2D eigenvalue weighted by Gasteiger charge is 2.35. The van der Waals surface area contributed by atoms with Crippen molar-refractivity contribution >= 4 is 34.9 Å². The SMILES string of the molecule is Cc1cc(C)c(/C=C2\SC(=O)N(CC(N)=O)C2=O)c(C)c1. The van der Waals surface area contributed by atoms with Gasteiger partial charge in [-0.2, -0.15) is 0 Å². The van der Waals surface area contributed by atoms with Crippen LogP contribution in [0.1, 0.15) is 22.3 Å². The maximum Gasteiger partial charge on any atom is 0.294 e. The molecule has 1 heterocycles. The number of benzene rings is 1. The Labute approximate surface area is 127 Å². The molecular formula is C15H16N2O3S. The van der Waals surface area contributed by atoms with Gasteiger partial charge in [0, 0.05) is 0 Å². The molecule has 1 aliphatic heterocycles. The Balaban J connectivity index is 2.37. The first-order chi connectivity index (χ1) is 9.79.